The molecule has 0 heterocycles. The fraction of sp³-hybridized carbons (Fsp3) is 0.188. The van der Waals surface area contributed by atoms with Gasteiger partial charge in [0.1, 0.15) is 0 Å². The molecule has 0 saturated heterocycles. The van der Waals surface area contributed by atoms with E-state index >= 15 is 0 Å². The lowest BCUT2D eigenvalue weighted by atomic mass is 10.1. The van der Waals surface area contributed by atoms with Gasteiger partial charge in [0, 0.05) is 21.7 Å². The molecule has 0 bridgehead atoms. The number of hydrogen-bond acceptors (Lipinski definition) is 1. The molecule has 0 atom stereocenters. The summed E-state index contributed by atoms with van der Waals surface area (Å²) in [5, 5.41) is 8.31. The van der Waals surface area contributed by atoms with E-state index < -0.39 is 0 Å². The highest BCUT2D eigenvalue weighted by Gasteiger charge is 2.01. The maximum Gasteiger partial charge on any atom is 0.170 e. The van der Waals surface area contributed by atoms with Crippen LogP contribution in [-0.2, 0) is 6.42 Å². The summed E-state index contributed by atoms with van der Waals surface area (Å²) in [6.07, 6.45) is 1.97. The number of rotatable bonds is 5. The first-order chi connectivity index (χ1) is 10.5. The van der Waals surface area contributed by atoms with Crippen LogP contribution in [-0.4, -0.2) is 11.7 Å². The molecule has 0 unspecified atom stereocenters. The van der Waals surface area contributed by atoms with Crippen molar-refractivity contribution in [1.82, 2.24) is 5.32 Å². The zero-order valence-electron chi connectivity index (χ0n) is 11.7. The summed E-state index contributed by atoms with van der Waals surface area (Å²) >= 11 is 20.5. The highest BCUT2D eigenvalue weighted by Crippen LogP contribution is 2.25. The predicted molar refractivity (Wildman–Crippen MR) is 103 cm³/mol. The summed E-state index contributed by atoms with van der Waals surface area (Å²) in [7, 11) is 0. The molecule has 2 nitrogen and oxygen atoms in total. The van der Waals surface area contributed by atoms with Crippen LogP contribution >= 0.6 is 51.3 Å². The van der Waals surface area contributed by atoms with Crippen molar-refractivity contribution in [3.05, 3.63) is 62.5 Å². The topological polar surface area (TPSA) is 24.1 Å². The van der Waals surface area contributed by atoms with Gasteiger partial charge in [-0.1, -0.05) is 35.3 Å². The molecule has 116 valence electrons. The molecular weight excluding hydrogens is 403 g/mol. The normalized spacial score (nSPS) is 10.3. The molecule has 22 heavy (non-hydrogen) atoms. The van der Waals surface area contributed by atoms with Gasteiger partial charge in [-0.2, -0.15) is 0 Å². The summed E-state index contributed by atoms with van der Waals surface area (Å²) in [6.45, 7) is 0.804. The first-order valence-electron chi connectivity index (χ1n) is 6.79. The molecule has 2 rings (SSSR count). The Morgan fingerprint density at radius 2 is 1.82 bits per heavy atom. The van der Waals surface area contributed by atoms with E-state index in [1.807, 2.05) is 42.5 Å². The third-order valence-electron chi connectivity index (χ3n) is 3.02. The van der Waals surface area contributed by atoms with Crippen LogP contribution < -0.4 is 10.6 Å². The Bertz CT molecular complexity index is 647. The highest BCUT2D eigenvalue weighted by molar-refractivity contribution is 9.10. The van der Waals surface area contributed by atoms with E-state index in [-0.39, 0.29) is 0 Å². The Morgan fingerprint density at radius 1 is 1.09 bits per heavy atom. The average molecular weight is 418 g/mol. The number of halogens is 3. The maximum atomic E-state index is 6.04. The van der Waals surface area contributed by atoms with Gasteiger partial charge in [0.25, 0.3) is 0 Å². The summed E-state index contributed by atoms with van der Waals surface area (Å²) in [5.74, 6) is 0. The SMILES string of the molecule is S=C(NCCCc1ccc(Cl)cc1)Nc1ccc(Br)c(Cl)c1. The van der Waals surface area contributed by atoms with Gasteiger partial charge in [-0.25, -0.2) is 0 Å². The minimum Gasteiger partial charge on any atom is -0.362 e. The fourth-order valence-corrected chi connectivity index (χ4v) is 2.67. The smallest absolute Gasteiger partial charge is 0.170 e. The number of nitrogens with one attached hydrogen (secondary N) is 2. The Hall–Kier alpha value is -0.810. The maximum absolute atomic E-state index is 6.04. The molecule has 0 aliphatic carbocycles. The van der Waals surface area contributed by atoms with Crippen LogP contribution in [0.1, 0.15) is 12.0 Å². The lowest BCUT2D eigenvalue weighted by Crippen LogP contribution is -2.29. The summed E-state index contributed by atoms with van der Waals surface area (Å²) in [5.41, 5.74) is 2.13. The first-order valence-corrected chi connectivity index (χ1v) is 8.74. The standard InChI is InChI=1S/C16H15BrCl2N2S/c17-14-8-7-13(10-15(14)19)21-16(22)20-9-1-2-11-3-5-12(18)6-4-11/h3-8,10H,1-2,9H2,(H2,20,21,22). The van der Waals surface area contributed by atoms with Gasteiger partial charge in [-0.05, 0) is 76.9 Å². The summed E-state index contributed by atoms with van der Waals surface area (Å²) in [6, 6.07) is 13.5. The Balaban J connectivity index is 1.71. The molecular formula is C16H15BrCl2N2S. The molecule has 2 aromatic rings. The van der Waals surface area contributed by atoms with Gasteiger partial charge in [0.15, 0.2) is 5.11 Å². The molecule has 0 amide bonds. The minimum absolute atomic E-state index is 0.592. The molecule has 0 saturated carbocycles. The third-order valence-corrected chi connectivity index (χ3v) is 4.75. The van der Waals surface area contributed by atoms with Gasteiger partial charge in [0.05, 0.1) is 5.02 Å². The van der Waals surface area contributed by atoms with Crippen LogP contribution in [0.2, 0.25) is 10.0 Å². The van der Waals surface area contributed by atoms with Crippen molar-refractivity contribution >= 4 is 62.1 Å². The molecule has 0 aliphatic rings. The van der Waals surface area contributed by atoms with Crippen LogP contribution in [0.3, 0.4) is 0 Å². The zero-order chi connectivity index (χ0) is 15.9. The van der Waals surface area contributed by atoms with E-state index in [2.05, 4.69) is 26.6 Å². The fourth-order valence-electron chi connectivity index (χ4n) is 1.89. The monoisotopic (exact) mass is 416 g/mol. The van der Waals surface area contributed by atoms with Gasteiger partial charge >= 0.3 is 0 Å². The molecule has 2 N–H and O–H groups in total. The van der Waals surface area contributed by atoms with E-state index in [0.717, 1.165) is 34.6 Å². The van der Waals surface area contributed by atoms with Crippen molar-refractivity contribution in [2.75, 3.05) is 11.9 Å². The Kier molecular flexibility index (Phi) is 6.96. The van der Waals surface area contributed by atoms with Crippen molar-refractivity contribution in [2.45, 2.75) is 12.8 Å². The molecule has 0 aromatic heterocycles. The number of benzene rings is 2. The Labute approximate surface area is 154 Å². The number of hydrogen-bond donors (Lipinski definition) is 2. The van der Waals surface area contributed by atoms with Gasteiger partial charge in [-0.15, -0.1) is 0 Å². The van der Waals surface area contributed by atoms with E-state index in [1.165, 1.54) is 5.56 Å². The quantitative estimate of drug-likeness (QED) is 0.483. The van der Waals surface area contributed by atoms with Crippen molar-refractivity contribution in [1.29, 1.82) is 0 Å². The molecule has 0 aliphatic heterocycles. The van der Waals surface area contributed by atoms with Crippen LogP contribution in [0.25, 0.3) is 0 Å². The van der Waals surface area contributed by atoms with Gasteiger partial charge < -0.3 is 10.6 Å². The number of thiocarbonyl (C=S) groups is 1. The zero-order valence-corrected chi connectivity index (χ0v) is 15.6. The first kappa shape index (κ1) is 17.5. The van der Waals surface area contributed by atoms with Crippen molar-refractivity contribution < 1.29 is 0 Å². The molecule has 2 aromatic carbocycles. The van der Waals surface area contributed by atoms with Crippen molar-refractivity contribution in [3.63, 3.8) is 0 Å². The lowest BCUT2D eigenvalue weighted by Gasteiger charge is -2.11. The van der Waals surface area contributed by atoms with Crippen molar-refractivity contribution in [3.8, 4) is 0 Å². The number of anilines is 1. The average Bonchev–Trinajstić information content (AvgIpc) is 2.49. The predicted octanol–water partition coefficient (Wildman–Crippen LogP) is 5.68. The summed E-state index contributed by atoms with van der Waals surface area (Å²) < 4.78 is 0.863. The second-order valence-corrected chi connectivity index (χ2v) is 6.85. The molecule has 6 heteroatoms. The second-order valence-electron chi connectivity index (χ2n) is 4.74. The van der Waals surface area contributed by atoms with Crippen LogP contribution in [0.4, 0.5) is 5.69 Å². The van der Waals surface area contributed by atoms with Crippen LogP contribution in [0.15, 0.2) is 46.9 Å². The summed E-state index contributed by atoms with van der Waals surface area (Å²) in [4.78, 5) is 0. The van der Waals surface area contributed by atoms with E-state index in [4.69, 9.17) is 35.4 Å². The van der Waals surface area contributed by atoms with Gasteiger partial charge in [0.2, 0.25) is 0 Å². The molecule has 0 fully saturated rings. The highest BCUT2D eigenvalue weighted by atomic mass is 79.9. The number of aryl methyl sites for hydroxylation is 1. The molecule has 0 spiro atoms. The van der Waals surface area contributed by atoms with Crippen LogP contribution in [0.5, 0.6) is 0 Å². The van der Waals surface area contributed by atoms with E-state index in [1.54, 1.807) is 0 Å². The third kappa shape index (κ3) is 5.76. The van der Waals surface area contributed by atoms with Crippen LogP contribution in [0, 0.1) is 0 Å². The van der Waals surface area contributed by atoms with Gasteiger partial charge in [-0.3, -0.25) is 0 Å². The largest absolute Gasteiger partial charge is 0.362 e. The Morgan fingerprint density at radius 3 is 2.50 bits per heavy atom. The minimum atomic E-state index is 0.592. The van der Waals surface area contributed by atoms with E-state index in [9.17, 15) is 0 Å². The molecule has 0 radical (unpaired) electrons. The van der Waals surface area contributed by atoms with Crippen molar-refractivity contribution in [2.24, 2.45) is 0 Å². The second kappa shape index (κ2) is 8.73. The lowest BCUT2D eigenvalue weighted by molar-refractivity contribution is 0.777. The van der Waals surface area contributed by atoms with E-state index in [0.29, 0.717) is 10.1 Å².